The van der Waals surface area contributed by atoms with Crippen molar-refractivity contribution in [2.24, 2.45) is 7.05 Å². The number of carbonyl (C=O) groups excluding carboxylic acids is 1. The van der Waals surface area contributed by atoms with Crippen molar-refractivity contribution < 1.29 is 4.79 Å². The number of amides is 1. The lowest BCUT2D eigenvalue weighted by Gasteiger charge is -2.01. The second kappa shape index (κ2) is 4.71. The van der Waals surface area contributed by atoms with E-state index in [1.807, 2.05) is 13.0 Å². The summed E-state index contributed by atoms with van der Waals surface area (Å²) >= 11 is 0. The number of nitriles is 1. The molecule has 0 aliphatic carbocycles. The highest BCUT2D eigenvalue weighted by Crippen LogP contribution is 2.13. The van der Waals surface area contributed by atoms with E-state index in [-0.39, 0.29) is 5.91 Å². The Hall–Kier alpha value is -2.62. The molecule has 0 aliphatic heterocycles. The van der Waals surface area contributed by atoms with Crippen LogP contribution in [0.1, 0.15) is 28.5 Å². The molecule has 0 saturated carbocycles. The van der Waals surface area contributed by atoms with Gasteiger partial charge in [-0.3, -0.25) is 14.6 Å². The molecule has 7 heteroatoms. The lowest BCUT2D eigenvalue weighted by molar-refractivity contribution is 0.102. The van der Waals surface area contributed by atoms with Crippen LogP contribution in [-0.4, -0.2) is 25.9 Å². The second-order valence-corrected chi connectivity index (χ2v) is 3.74. The first-order valence-corrected chi connectivity index (χ1v) is 5.43. The van der Waals surface area contributed by atoms with Gasteiger partial charge in [0.1, 0.15) is 17.5 Å². The van der Waals surface area contributed by atoms with E-state index < -0.39 is 0 Å². The molecule has 0 aliphatic rings. The van der Waals surface area contributed by atoms with E-state index in [1.165, 1.54) is 6.20 Å². The summed E-state index contributed by atoms with van der Waals surface area (Å²) in [5, 5.41) is 21.9. The number of H-pyrrole nitrogens is 1. The predicted molar refractivity (Wildman–Crippen MR) is 63.8 cm³/mol. The molecule has 2 aromatic rings. The molecule has 18 heavy (non-hydrogen) atoms. The lowest BCUT2D eigenvalue weighted by Crippen LogP contribution is -2.14. The van der Waals surface area contributed by atoms with Crippen LogP contribution in [0.3, 0.4) is 0 Å². The normalized spacial score (nSPS) is 10.1. The van der Waals surface area contributed by atoms with Crippen molar-refractivity contribution in [3.05, 3.63) is 29.2 Å². The van der Waals surface area contributed by atoms with Gasteiger partial charge in [0.15, 0.2) is 0 Å². The zero-order valence-electron chi connectivity index (χ0n) is 10.1. The summed E-state index contributed by atoms with van der Waals surface area (Å²) in [6.45, 7) is 1.93. The third-order valence-corrected chi connectivity index (χ3v) is 2.48. The molecule has 0 atom stereocenters. The van der Waals surface area contributed by atoms with Gasteiger partial charge in [-0.1, -0.05) is 6.92 Å². The van der Waals surface area contributed by atoms with Gasteiger partial charge in [0.2, 0.25) is 0 Å². The van der Waals surface area contributed by atoms with Crippen LogP contribution in [0.4, 0.5) is 5.82 Å². The highest BCUT2D eigenvalue weighted by Gasteiger charge is 2.16. The Morgan fingerprint density at radius 2 is 2.44 bits per heavy atom. The fourth-order valence-electron chi connectivity index (χ4n) is 1.63. The van der Waals surface area contributed by atoms with Crippen LogP contribution in [0.5, 0.6) is 0 Å². The SMILES string of the molecule is CCc1nn(C)cc1C(=O)Nc1[nH]ncc1C#N. The van der Waals surface area contributed by atoms with Crippen molar-refractivity contribution in [1.82, 2.24) is 20.0 Å². The van der Waals surface area contributed by atoms with Crippen LogP contribution in [0, 0.1) is 11.3 Å². The summed E-state index contributed by atoms with van der Waals surface area (Å²) in [4.78, 5) is 12.1. The Bertz CT molecular complexity index is 618. The smallest absolute Gasteiger partial charge is 0.260 e. The number of aromatic nitrogens is 4. The number of anilines is 1. The number of carbonyl (C=O) groups is 1. The minimum absolute atomic E-state index is 0.297. The number of aromatic amines is 1. The summed E-state index contributed by atoms with van der Waals surface area (Å²) < 4.78 is 1.59. The molecule has 2 rings (SSSR count). The number of nitrogens with one attached hydrogen (secondary N) is 2. The maximum atomic E-state index is 12.1. The number of aryl methyl sites for hydroxylation is 2. The summed E-state index contributed by atoms with van der Waals surface area (Å²) in [7, 11) is 1.76. The van der Waals surface area contributed by atoms with Gasteiger partial charge in [-0.25, -0.2) is 0 Å². The van der Waals surface area contributed by atoms with Gasteiger partial charge < -0.3 is 5.32 Å². The Morgan fingerprint density at radius 3 is 3.11 bits per heavy atom. The van der Waals surface area contributed by atoms with E-state index in [9.17, 15) is 4.79 Å². The topological polar surface area (TPSA) is 99.4 Å². The number of nitrogens with zero attached hydrogens (tertiary/aromatic N) is 4. The van der Waals surface area contributed by atoms with Gasteiger partial charge in [0, 0.05) is 13.2 Å². The predicted octanol–water partition coefficient (Wildman–Crippen LogP) is 0.830. The molecule has 92 valence electrons. The minimum Gasteiger partial charge on any atom is -0.306 e. The fourth-order valence-corrected chi connectivity index (χ4v) is 1.63. The number of rotatable bonds is 3. The van der Waals surface area contributed by atoms with Crippen molar-refractivity contribution >= 4 is 11.7 Å². The summed E-state index contributed by atoms with van der Waals surface area (Å²) in [5.41, 5.74) is 1.51. The van der Waals surface area contributed by atoms with Gasteiger partial charge >= 0.3 is 0 Å². The molecule has 0 saturated heterocycles. The molecule has 0 aromatic carbocycles. The van der Waals surface area contributed by atoms with Gasteiger partial charge in [0.25, 0.3) is 5.91 Å². The highest BCUT2D eigenvalue weighted by molar-refractivity contribution is 6.04. The largest absolute Gasteiger partial charge is 0.306 e. The molecule has 0 bridgehead atoms. The molecule has 2 N–H and O–H groups in total. The zero-order chi connectivity index (χ0) is 13.1. The van der Waals surface area contributed by atoms with Crippen molar-refractivity contribution in [2.45, 2.75) is 13.3 Å². The van der Waals surface area contributed by atoms with Crippen LogP contribution < -0.4 is 5.32 Å². The first-order chi connectivity index (χ1) is 8.65. The Balaban J connectivity index is 2.25. The third kappa shape index (κ3) is 2.08. The average molecular weight is 244 g/mol. The fraction of sp³-hybridized carbons (Fsp3) is 0.273. The quantitative estimate of drug-likeness (QED) is 0.835. The van der Waals surface area contributed by atoms with Gasteiger partial charge in [-0.2, -0.15) is 15.5 Å². The van der Waals surface area contributed by atoms with Crippen LogP contribution in [0.2, 0.25) is 0 Å². The Kier molecular flexibility index (Phi) is 3.10. The Labute approximate surface area is 103 Å². The lowest BCUT2D eigenvalue weighted by atomic mass is 10.2. The van der Waals surface area contributed by atoms with Crippen molar-refractivity contribution in [3.8, 4) is 6.07 Å². The highest BCUT2D eigenvalue weighted by atomic mass is 16.1. The van der Waals surface area contributed by atoms with Gasteiger partial charge in [0.05, 0.1) is 17.5 Å². The van der Waals surface area contributed by atoms with Crippen molar-refractivity contribution in [1.29, 1.82) is 5.26 Å². The molecule has 0 radical (unpaired) electrons. The van der Waals surface area contributed by atoms with Gasteiger partial charge in [-0.15, -0.1) is 0 Å². The molecule has 7 nitrogen and oxygen atoms in total. The monoisotopic (exact) mass is 244 g/mol. The molecule has 0 fully saturated rings. The van der Waals surface area contributed by atoms with E-state index in [2.05, 4.69) is 20.6 Å². The first-order valence-electron chi connectivity index (χ1n) is 5.43. The number of hydrogen-bond donors (Lipinski definition) is 2. The molecule has 2 heterocycles. The minimum atomic E-state index is -0.305. The molecular formula is C11H12N6O. The molecular weight excluding hydrogens is 232 g/mol. The molecule has 0 unspecified atom stereocenters. The molecule has 0 spiro atoms. The molecule has 1 amide bonds. The second-order valence-electron chi connectivity index (χ2n) is 3.74. The average Bonchev–Trinajstić information content (AvgIpc) is 2.94. The van der Waals surface area contributed by atoms with Crippen LogP contribution in [0.25, 0.3) is 0 Å². The maximum Gasteiger partial charge on any atom is 0.260 e. The third-order valence-electron chi connectivity index (χ3n) is 2.48. The maximum absolute atomic E-state index is 12.1. The summed E-state index contributed by atoms with van der Waals surface area (Å²) in [6.07, 6.45) is 3.67. The van der Waals surface area contributed by atoms with E-state index >= 15 is 0 Å². The van der Waals surface area contributed by atoms with Crippen molar-refractivity contribution in [2.75, 3.05) is 5.32 Å². The zero-order valence-corrected chi connectivity index (χ0v) is 10.1. The summed E-state index contributed by atoms with van der Waals surface area (Å²) in [6, 6.07) is 1.94. The van der Waals surface area contributed by atoms with E-state index in [4.69, 9.17) is 5.26 Å². The van der Waals surface area contributed by atoms with E-state index in [1.54, 1.807) is 17.9 Å². The van der Waals surface area contributed by atoms with E-state index in [0.717, 1.165) is 0 Å². The first kappa shape index (κ1) is 11.9. The van der Waals surface area contributed by atoms with E-state index in [0.29, 0.717) is 29.1 Å². The van der Waals surface area contributed by atoms with Gasteiger partial charge in [-0.05, 0) is 6.42 Å². The Morgan fingerprint density at radius 1 is 1.67 bits per heavy atom. The summed E-state index contributed by atoms with van der Waals surface area (Å²) in [5.74, 6) is -0.00546. The molecule has 2 aromatic heterocycles. The van der Waals surface area contributed by atoms with Crippen LogP contribution in [0.15, 0.2) is 12.4 Å². The van der Waals surface area contributed by atoms with Crippen LogP contribution >= 0.6 is 0 Å². The standard InChI is InChI=1S/C11H12N6O/c1-3-9-8(6-17(2)16-9)11(18)14-10-7(4-12)5-13-15-10/h5-6H,3H2,1-2H3,(H2,13,14,15,18). The number of hydrogen-bond acceptors (Lipinski definition) is 4. The van der Waals surface area contributed by atoms with Crippen molar-refractivity contribution in [3.63, 3.8) is 0 Å². The van der Waals surface area contributed by atoms with Crippen LogP contribution in [-0.2, 0) is 13.5 Å².